The van der Waals surface area contributed by atoms with E-state index >= 15 is 0 Å². The molecule has 0 saturated carbocycles. The summed E-state index contributed by atoms with van der Waals surface area (Å²) in [6.07, 6.45) is 7.35. The van der Waals surface area contributed by atoms with Gasteiger partial charge in [-0.25, -0.2) is 4.98 Å². The van der Waals surface area contributed by atoms with Crippen molar-refractivity contribution in [1.29, 1.82) is 0 Å². The molecule has 0 aromatic carbocycles. The van der Waals surface area contributed by atoms with Crippen LogP contribution in [0.2, 0.25) is 0 Å². The highest BCUT2D eigenvalue weighted by molar-refractivity contribution is 5.17. The SMILES string of the molecule is CC(O)CC(C)n1cnc2c1CCCC2. The van der Waals surface area contributed by atoms with E-state index in [1.807, 2.05) is 13.3 Å². The zero-order valence-electron chi connectivity index (χ0n) is 9.61. The molecule has 1 aromatic heterocycles. The first-order chi connectivity index (χ1) is 7.18. The predicted molar refractivity (Wildman–Crippen MR) is 59.9 cm³/mol. The number of imidazole rings is 1. The lowest BCUT2D eigenvalue weighted by molar-refractivity contribution is 0.164. The lowest BCUT2D eigenvalue weighted by Crippen LogP contribution is -2.15. The Morgan fingerprint density at radius 2 is 2.13 bits per heavy atom. The second kappa shape index (κ2) is 4.35. The van der Waals surface area contributed by atoms with Crippen LogP contribution in [0.3, 0.4) is 0 Å². The van der Waals surface area contributed by atoms with Crippen molar-refractivity contribution in [3.63, 3.8) is 0 Å². The van der Waals surface area contributed by atoms with Crippen molar-refractivity contribution in [2.24, 2.45) is 0 Å². The summed E-state index contributed by atoms with van der Waals surface area (Å²) in [5.74, 6) is 0. The van der Waals surface area contributed by atoms with Gasteiger partial charge in [-0.1, -0.05) is 0 Å². The number of hydrogen-bond acceptors (Lipinski definition) is 2. The first-order valence-corrected chi connectivity index (χ1v) is 5.91. The number of hydrogen-bond donors (Lipinski definition) is 1. The molecule has 0 aliphatic heterocycles. The molecule has 1 N–H and O–H groups in total. The maximum Gasteiger partial charge on any atom is 0.0954 e. The largest absolute Gasteiger partial charge is 0.393 e. The topological polar surface area (TPSA) is 38.0 Å². The predicted octanol–water partition coefficient (Wildman–Crippen LogP) is 2.09. The monoisotopic (exact) mass is 208 g/mol. The Bertz CT molecular complexity index is 330. The molecule has 1 aliphatic rings. The van der Waals surface area contributed by atoms with Crippen LogP contribution in [0, 0.1) is 0 Å². The van der Waals surface area contributed by atoms with Crippen molar-refractivity contribution in [3.8, 4) is 0 Å². The molecule has 2 unspecified atom stereocenters. The van der Waals surface area contributed by atoms with Gasteiger partial charge in [0.2, 0.25) is 0 Å². The smallest absolute Gasteiger partial charge is 0.0954 e. The van der Waals surface area contributed by atoms with Crippen LogP contribution in [0.4, 0.5) is 0 Å². The summed E-state index contributed by atoms with van der Waals surface area (Å²) in [4.78, 5) is 4.47. The molecule has 3 nitrogen and oxygen atoms in total. The molecule has 84 valence electrons. The minimum Gasteiger partial charge on any atom is -0.393 e. The van der Waals surface area contributed by atoms with E-state index in [4.69, 9.17) is 0 Å². The Morgan fingerprint density at radius 3 is 2.87 bits per heavy atom. The molecular formula is C12H20N2O. The van der Waals surface area contributed by atoms with Crippen LogP contribution in [0.5, 0.6) is 0 Å². The molecular weight excluding hydrogens is 188 g/mol. The van der Waals surface area contributed by atoms with Crippen LogP contribution >= 0.6 is 0 Å². The second-order valence-corrected chi connectivity index (χ2v) is 4.69. The number of aromatic nitrogens is 2. The Kier molecular flexibility index (Phi) is 3.10. The number of rotatable bonds is 3. The van der Waals surface area contributed by atoms with Gasteiger partial charge in [0.25, 0.3) is 0 Å². The molecule has 0 amide bonds. The fourth-order valence-electron chi connectivity index (χ4n) is 2.48. The minimum absolute atomic E-state index is 0.235. The molecule has 0 bridgehead atoms. The van der Waals surface area contributed by atoms with Gasteiger partial charge in [0.15, 0.2) is 0 Å². The maximum absolute atomic E-state index is 9.39. The van der Waals surface area contributed by atoms with Gasteiger partial charge < -0.3 is 9.67 Å². The highest BCUT2D eigenvalue weighted by atomic mass is 16.3. The van der Waals surface area contributed by atoms with Crippen LogP contribution in [0.1, 0.15) is 50.5 Å². The fourth-order valence-corrected chi connectivity index (χ4v) is 2.48. The number of aliphatic hydroxyl groups excluding tert-OH is 1. The molecule has 1 aliphatic carbocycles. The standard InChI is InChI=1S/C12H20N2O/c1-9(7-10(2)15)14-8-13-11-5-3-4-6-12(11)14/h8-10,15H,3-7H2,1-2H3. The van der Waals surface area contributed by atoms with Crippen molar-refractivity contribution in [2.75, 3.05) is 0 Å². The van der Waals surface area contributed by atoms with E-state index in [1.54, 1.807) is 0 Å². The first kappa shape index (κ1) is 10.7. The van der Waals surface area contributed by atoms with Crippen LogP contribution < -0.4 is 0 Å². The Hall–Kier alpha value is -0.830. The van der Waals surface area contributed by atoms with E-state index in [2.05, 4.69) is 16.5 Å². The Balaban J connectivity index is 2.17. The molecule has 15 heavy (non-hydrogen) atoms. The third kappa shape index (κ3) is 2.23. The van der Waals surface area contributed by atoms with E-state index in [9.17, 15) is 5.11 Å². The van der Waals surface area contributed by atoms with E-state index < -0.39 is 0 Å². The maximum atomic E-state index is 9.39. The summed E-state index contributed by atoms with van der Waals surface area (Å²) < 4.78 is 2.25. The quantitative estimate of drug-likeness (QED) is 0.826. The normalized spacial score (nSPS) is 19.7. The van der Waals surface area contributed by atoms with Crippen molar-refractivity contribution in [1.82, 2.24) is 9.55 Å². The summed E-state index contributed by atoms with van der Waals surface area (Å²) in [6, 6.07) is 0.361. The summed E-state index contributed by atoms with van der Waals surface area (Å²) in [5.41, 5.74) is 2.67. The number of nitrogens with zero attached hydrogens (tertiary/aromatic N) is 2. The fraction of sp³-hybridized carbons (Fsp3) is 0.750. The number of fused-ring (bicyclic) bond motifs is 1. The van der Waals surface area contributed by atoms with Crippen molar-refractivity contribution in [2.45, 2.75) is 58.1 Å². The Labute approximate surface area is 91.1 Å². The average molecular weight is 208 g/mol. The number of aryl methyl sites for hydroxylation is 1. The zero-order valence-corrected chi connectivity index (χ0v) is 9.61. The average Bonchev–Trinajstić information content (AvgIpc) is 2.59. The summed E-state index contributed by atoms with van der Waals surface area (Å²) >= 11 is 0. The summed E-state index contributed by atoms with van der Waals surface area (Å²) in [7, 11) is 0. The Morgan fingerprint density at radius 1 is 1.40 bits per heavy atom. The van der Waals surface area contributed by atoms with Crippen molar-refractivity contribution in [3.05, 3.63) is 17.7 Å². The van der Waals surface area contributed by atoms with Gasteiger partial charge in [0.05, 0.1) is 18.1 Å². The van der Waals surface area contributed by atoms with Crippen LogP contribution in [-0.2, 0) is 12.8 Å². The second-order valence-electron chi connectivity index (χ2n) is 4.69. The van der Waals surface area contributed by atoms with E-state index in [0.29, 0.717) is 6.04 Å². The molecule has 1 aromatic rings. The van der Waals surface area contributed by atoms with E-state index in [1.165, 1.54) is 24.2 Å². The highest BCUT2D eigenvalue weighted by Gasteiger charge is 2.18. The third-order valence-electron chi connectivity index (χ3n) is 3.22. The van der Waals surface area contributed by atoms with Gasteiger partial charge in [0, 0.05) is 11.7 Å². The van der Waals surface area contributed by atoms with Gasteiger partial charge in [-0.15, -0.1) is 0 Å². The molecule has 0 saturated heterocycles. The first-order valence-electron chi connectivity index (χ1n) is 5.91. The molecule has 1 heterocycles. The van der Waals surface area contributed by atoms with E-state index in [-0.39, 0.29) is 6.10 Å². The zero-order chi connectivity index (χ0) is 10.8. The summed E-state index contributed by atoms with van der Waals surface area (Å²) in [6.45, 7) is 4.00. The highest BCUT2D eigenvalue weighted by Crippen LogP contribution is 2.24. The lowest BCUT2D eigenvalue weighted by atomic mass is 10.0. The molecule has 0 spiro atoms. The van der Waals surface area contributed by atoms with Crippen molar-refractivity contribution >= 4 is 0 Å². The number of aliphatic hydroxyl groups is 1. The van der Waals surface area contributed by atoms with Crippen LogP contribution in [0.25, 0.3) is 0 Å². The van der Waals surface area contributed by atoms with Crippen LogP contribution in [0.15, 0.2) is 6.33 Å². The van der Waals surface area contributed by atoms with Gasteiger partial charge in [0.1, 0.15) is 0 Å². The molecule has 3 heteroatoms. The van der Waals surface area contributed by atoms with Gasteiger partial charge >= 0.3 is 0 Å². The molecule has 2 rings (SSSR count). The van der Waals surface area contributed by atoms with Gasteiger partial charge in [-0.05, 0) is 46.0 Å². The minimum atomic E-state index is -0.235. The van der Waals surface area contributed by atoms with Crippen LogP contribution in [-0.4, -0.2) is 20.8 Å². The molecule has 0 fully saturated rings. The van der Waals surface area contributed by atoms with E-state index in [0.717, 1.165) is 19.3 Å². The molecule has 0 radical (unpaired) electrons. The van der Waals surface area contributed by atoms with Gasteiger partial charge in [-0.2, -0.15) is 0 Å². The lowest BCUT2D eigenvalue weighted by Gasteiger charge is -2.20. The van der Waals surface area contributed by atoms with Gasteiger partial charge in [-0.3, -0.25) is 0 Å². The third-order valence-corrected chi connectivity index (χ3v) is 3.22. The summed E-state index contributed by atoms with van der Waals surface area (Å²) in [5, 5.41) is 9.39. The molecule has 2 atom stereocenters. The van der Waals surface area contributed by atoms with Crippen molar-refractivity contribution < 1.29 is 5.11 Å².